The Balaban J connectivity index is 1.53. The maximum atomic E-state index is 13.8. The monoisotopic (exact) mass is 637 g/mol. The van der Waals surface area contributed by atoms with Gasteiger partial charge in [-0.3, -0.25) is 14.3 Å². The Morgan fingerprint density at radius 3 is 2.57 bits per heavy atom. The number of pyridine rings is 1. The lowest BCUT2D eigenvalue weighted by Gasteiger charge is -2.12. The number of carbonyl (C=O) groups excluding carboxylic acids is 2. The van der Waals surface area contributed by atoms with Crippen molar-refractivity contribution in [2.45, 2.75) is 33.2 Å². The number of nitrogens with two attached hydrogens (primary N) is 1. The van der Waals surface area contributed by atoms with Gasteiger partial charge in [0.05, 0.1) is 16.9 Å². The van der Waals surface area contributed by atoms with Crippen molar-refractivity contribution in [3.8, 4) is 16.9 Å². The minimum absolute atomic E-state index is 0.0719. The highest BCUT2D eigenvalue weighted by molar-refractivity contribution is 7.21. The standard InChI is InChI=1S/C27H20Cl2F3N5O4S/c1-3-37-12(2)16(10-34-37)15-9-20(27(30,31)32)35-26-21(15)22(23(42-26)24(33)38)36-25(39)19-7-5-14(41-19)11-40-18-6-4-13(28)8-17(18)29/h4-10H,3,11H2,1-2H3,(H2,33,38)(H,36,39). The van der Waals surface area contributed by atoms with Crippen molar-refractivity contribution in [1.29, 1.82) is 0 Å². The third-order valence-corrected chi connectivity index (χ3v) is 7.89. The number of carbonyl (C=O) groups is 2. The second-order valence-electron chi connectivity index (χ2n) is 8.95. The van der Waals surface area contributed by atoms with Gasteiger partial charge in [-0.1, -0.05) is 23.2 Å². The summed E-state index contributed by atoms with van der Waals surface area (Å²) in [6.07, 6.45) is -3.35. The van der Waals surface area contributed by atoms with E-state index >= 15 is 0 Å². The molecule has 0 spiro atoms. The van der Waals surface area contributed by atoms with Gasteiger partial charge in [-0.2, -0.15) is 18.3 Å². The summed E-state index contributed by atoms with van der Waals surface area (Å²) in [6.45, 7) is 3.94. The van der Waals surface area contributed by atoms with Gasteiger partial charge in [0, 0.05) is 28.2 Å². The maximum Gasteiger partial charge on any atom is 0.433 e. The molecule has 3 N–H and O–H groups in total. The van der Waals surface area contributed by atoms with E-state index in [-0.39, 0.29) is 49.5 Å². The van der Waals surface area contributed by atoms with E-state index in [1.807, 2.05) is 6.92 Å². The average molecular weight is 638 g/mol. The molecule has 15 heteroatoms. The first-order chi connectivity index (χ1) is 19.9. The molecule has 0 saturated heterocycles. The van der Waals surface area contributed by atoms with Crippen LogP contribution in [0.1, 0.15) is 44.3 Å². The van der Waals surface area contributed by atoms with Gasteiger partial charge in [-0.15, -0.1) is 11.3 Å². The van der Waals surface area contributed by atoms with Gasteiger partial charge >= 0.3 is 6.18 Å². The third kappa shape index (κ3) is 5.67. The summed E-state index contributed by atoms with van der Waals surface area (Å²) in [5.74, 6) is -1.26. The summed E-state index contributed by atoms with van der Waals surface area (Å²) in [7, 11) is 0. The van der Waals surface area contributed by atoms with Crippen molar-refractivity contribution in [1.82, 2.24) is 14.8 Å². The van der Waals surface area contributed by atoms with E-state index in [2.05, 4.69) is 15.4 Å². The number of ether oxygens (including phenoxy) is 1. The number of hydrogen-bond donors (Lipinski definition) is 2. The highest BCUT2D eigenvalue weighted by atomic mass is 35.5. The average Bonchev–Trinajstić information content (AvgIpc) is 3.64. The highest BCUT2D eigenvalue weighted by Crippen LogP contribution is 2.44. The number of halogens is 5. The number of thiophene rings is 1. The second kappa shape index (κ2) is 11.3. The number of nitrogens with zero attached hydrogens (tertiary/aromatic N) is 3. The van der Waals surface area contributed by atoms with Crippen molar-refractivity contribution in [2.24, 2.45) is 5.73 Å². The molecule has 1 aromatic carbocycles. The largest absolute Gasteiger partial charge is 0.484 e. The van der Waals surface area contributed by atoms with E-state index in [0.29, 0.717) is 39.9 Å². The number of furan rings is 1. The second-order valence-corrected chi connectivity index (χ2v) is 10.8. The molecule has 0 aliphatic carbocycles. The van der Waals surface area contributed by atoms with Crippen molar-refractivity contribution in [2.75, 3.05) is 5.32 Å². The molecule has 0 unspecified atom stereocenters. The minimum atomic E-state index is -4.78. The zero-order valence-corrected chi connectivity index (χ0v) is 24.1. The lowest BCUT2D eigenvalue weighted by Crippen LogP contribution is -2.16. The predicted octanol–water partition coefficient (Wildman–Crippen LogP) is 7.34. The van der Waals surface area contributed by atoms with Crippen molar-refractivity contribution < 1.29 is 31.9 Å². The predicted molar refractivity (Wildman–Crippen MR) is 152 cm³/mol. The zero-order valence-electron chi connectivity index (χ0n) is 21.8. The molecule has 5 rings (SSSR count). The Labute approximate surface area is 250 Å². The number of aryl methyl sites for hydroxylation is 1. The van der Waals surface area contributed by atoms with Gasteiger partial charge in [-0.05, 0) is 55.8 Å². The maximum absolute atomic E-state index is 13.8. The number of amides is 2. The molecule has 0 atom stereocenters. The number of aromatic nitrogens is 3. The highest BCUT2D eigenvalue weighted by Gasteiger charge is 2.35. The molecular weight excluding hydrogens is 618 g/mol. The smallest absolute Gasteiger partial charge is 0.433 e. The first-order valence-corrected chi connectivity index (χ1v) is 13.8. The van der Waals surface area contributed by atoms with Crippen LogP contribution in [-0.4, -0.2) is 26.6 Å². The van der Waals surface area contributed by atoms with Crippen LogP contribution in [0.3, 0.4) is 0 Å². The number of anilines is 1. The fourth-order valence-corrected chi connectivity index (χ4v) is 5.74. The quantitative estimate of drug-likeness (QED) is 0.183. The molecule has 42 heavy (non-hydrogen) atoms. The van der Waals surface area contributed by atoms with Crippen LogP contribution in [0.5, 0.6) is 5.75 Å². The third-order valence-electron chi connectivity index (χ3n) is 6.26. The van der Waals surface area contributed by atoms with E-state index in [9.17, 15) is 22.8 Å². The van der Waals surface area contributed by atoms with Crippen LogP contribution in [0.4, 0.5) is 18.9 Å². The fraction of sp³-hybridized carbons (Fsp3) is 0.185. The van der Waals surface area contributed by atoms with Crippen molar-refractivity contribution in [3.63, 3.8) is 0 Å². The summed E-state index contributed by atoms with van der Waals surface area (Å²) >= 11 is 12.7. The Morgan fingerprint density at radius 2 is 1.93 bits per heavy atom. The molecule has 5 aromatic rings. The van der Waals surface area contributed by atoms with E-state index < -0.39 is 23.7 Å². The number of rotatable bonds is 8. The molecule has 0 fully saturated rings. The van der Waals surface area contributed by atoms with Crippen LogP contribution in [-0.2, 0) is 19.3 Å². The van der Waals surface area contributed by atoms with Crippen molar-refractivity contribution >= 4 is 62.3 Å². The van der Waals surface area contributed by atoms with Crippen LogP contribution in [0.2, 0.25) is 10.0 Å². The van der Waals surface area contributed by atoms with Crippen LogP contribution in [0, 0.1) is 6.92 Å². The lowest BCUT2D eigenvalue weighted by atomic mass is 10.0. The SMILES string of the molecule is CCn1ncc(-c2cc(C(F)(F)F)nc3sc(C(N)=O)c(NC(=O)c4ccc(COc5ccc(Cl)cc5Cl)o4)c23)c1C. The summed E-state index contributed by atoms with van der Waals surface area (Å²) in [5, 5.41) is 7.66. The molecule has 0 saturated carbocycles. The molecule has 0 aliphatic heterocycles. The minimum Gasteiger partial charge on any atom is -0.484 e. The van der Waals surface area contributed by atoms with Gasteiger partial charge in [-0.25, -0.2) is 4.98 Å². The summed E-state index contributed by atoms with van der Waals surface area (Å²) < 4.78 is 54.3. The number of nitrogens with one attached hydrogen (secondary N) is 1. The Hall–Kier alpha value is -4.07. The zero-order chi connectivity index (χ0) is 30.3. The van der Waals surface area contributed by atoms with E-state index in [0.717, 1.165) is 6.07 Å². The summed E-state index contributed by atoms with van der Waals surface area (Å²) in [5.41, 5.74) is 5.36. The van der Waals surface area contributed by atoms with E-state index in [1.54, 1.807) is 23.7 Å². The van der Waals surface area contributed by atoms with Crippen LogP contribution in [0.15, 0.2) is 47.0 Å². The number of hydrogen-bond acceptors (Lipinski definition) is 7. The summed E-state index contributed by atoms with van der Waals surface area (Å²) in [4.78, 5) is 29.1. The van der Waals surface area contributed by atoms with Gasteiger partial charge < -0.3 is 20.2 Å². The Morgan fingerprint density at radius 1 is 1.17 bits per heavy atom. The van der Waals surface area contributed by atoms with Crippen LogP contribution >= 0.6 is 34.5 Å². The molecule has 0 radical (unpaired) electrons. The van der Waals surface area contributed by atoms with Crippen LogP contribution < -0.4 is 15.8 Å². The number of fused-ring (bicyclic) bond motifs is 1. The van der Waals surface area contributed by atoms with E-state index in [1.165, 1.54) is 24.4 Å². The number of primary amides is 1. The Kier molecular flexibility index (Phi) is 7.92. The van der Waals surface area contributed by atoms with Gasteiger partial charge in [0.25, 0.3) is 11.8 Å². The number of benzene rings is 1. The molecule has 2 amide bonds. The molecule has 9 nitrogen and oxygen atoms in total. The van der Waals surface area contributed by atoms with E-state index in [4.69, 9.17) is 38.1 Å². The lowest BCUT2D eigenvalue weighted by molar-refractivity contribution is -0.140. The Bertz CT molecular complexity index is 1850. The molecule has 218 valence electrons. The molecule has 0 bridgehead atoms. The molecule has 4 heterocycles. The summed E-state index contributed by atoms with van der Waals surface area (Å²) in [6, 6.07) is 8.44. The fourth-order valence-electron chi connectivity index (χ4n) is 4.27. The van der Waals surface area contributed by atoms with Gasteiger partial charge in [0.15, 0.2) is 5.76 Å². The van der Waals surface area contributed by atoms with Gasteiger partial charge in [0.1, 0.15) is 33.5 Å². The van der Waals surface area contributed by atoms with Crippen LogP contribution in [0.25, 0.3) is 21.3 Å². The topological polar surface area (TPSA) is 125 Å². The van der Waals surface area contributed by atoms with Gasteiger partial charge in [0.2, 0.25) is 0 Å². The normalized spacial score (nSPS) is 11.7. The first kappa shape index (κ1) is 29.4. The van der Waals surface area contributed by atoms with Crippen molar-refractivity contribution in [3.05, 3.63) is 80.4 Å². The first-order valence-electron chi connectivity index (χ1n) is 12.2. The number of alkyl halides is 3. The molecule has 4 aromatic heterocycles. The molecule has 0 aliphatic rings. The molecular formula is C27H20Cl2F3N5O4S.